The molecule has 0 heterocycles. The molecule has 2 amide bonds. The maximum Gasteiger partial charge on any atom is 0.240 e. The van der Waals surface area contributed by atoms with E-state index in [4.69, 9.17) is 4.74 Å². The highest BCUT2D eigenvalue weighted by atomic mass is 16.5. The zero-order chi connectivity index (χ0) is 18.2. The highest BCUT2D eigenvalue weighted by molar-refractivity contribution is 5.97. The first-order valence-corrected chi connectivity index (χ1v) is 8.24. The third-order valence-corrected chi connectivity index (χ3v) is 3.90. The molecule has 0 aliphatic carbocycles. The number of hydrogen-bond acceptors (Lipinski definition) is 3. The Labute approximate surface area is 148 Å². The predicted octanol–water partition coefficient (Wildman–Crippen LogP) is 2.72. The molecule has 25 heavy (non-hydrogen) atoms. The second kappa shape index (κ2) is 8.87. The van der Waals surface area contributed by atoms with E-state index in [1.54, 1.807) is 7.11 Å². The minimum absolute atomic E-state index is 0.00467. The van der Waals surface area contributed by atoms with Crippen LogP contribution in [0.5, 0.6) is 5.75 Å². The number of aryl methyl sites for hydroxylation is 1. The van der Waals surface area contributed by atoms with Crippen molar-refractivity contribution in [1.29, 1.82) is 0 Å². The highest BCUT2D eigenvalue weighted by Gasteiger charge is 2.15. The molecule has 0 atom stereocenters. The molecule has 0 radical (unpaired) electrons. The average Bonchev–Trinajstić information content (AvgIpc) is 2.60. The van der Waals surface area contributed by atoms with Crippen LogP contribution in [-0.2, 0) is 16.0 Å². The average molecular weight is 340 g/mol. The van der Waals surface area contributed by atoms with Gasteiger partial charge in [-0.2, -0.15) is 0 Å². The van der Waals surface area contributed by atoms with Crippen LogP contribution in [0.25, 0.3) is 0 Å². The smallest absolute Gasteiger partial charge is 0.240 e. The summed E-state index contributed by atoms with van der Waals surface area (Å²) >= 11 is 0. The quantitative estimate of drug-likeness (QED) is 0.843. The van der Waals surface area contributed by atoms with Gasteiger partial charge in [-0.05, 0) is 42.7 Å². The first kappa shape index (κ1) is 18.5. The van der Waals surface area contributed by atoms with E-state index in [0.717, 1.165) is 22.6 Å². The first-order chi connectivity index (χ1) is 12.0. The fourth-order valence-corrected chi connectivity index (χ4v) is 2.63. The Kier molecular flexibility index (Phi) is 6.57. The Hall–Kier alpha value is -2.82. The van der Waals surface area contributed by atoms with E-state index in [-0.39, 0.29) is 18.4 Å². The molecular weight excluding hydrogens is 316 g/mol. The molecule has 0 fully saturated rings. The van der Waals surface area contributed by atoms with Gasteiger partial charge in [0.15, 0.2) is 0 Å². The Morgan fingerprint density at radius 2 is 1.88 bits per heavy atom. The molecule has 0 aliphatic heterocycles. The summed E-state index contributed by atoms with van der Waals surface area (Å²) in [5.41, 5.74) is 2.81. The van der Waals surface area contributed by atoms with Crippen molar-refractivity contribution in [1.82, 2.24) is 5.32 Å². The van der Waals surface area contributed by atoms with E-state index in [9.17, 15) is 9.59 Å². The normalized spacial score (nSPS) is 10.2. The van der Waals surface area contributed by atoms with Crippen LogP contribution in [-0.4, -0.2) is 32.0 Å². The number of amides is 2. The molecule has 0 saturated heterocycles. The van der Waals surface area contributed by atoms with Crippen molar-refractivity contribution in [2.45, 2.75) is 20.3 Å². The standard InChI is InChI=1S/C20H24N2O3/c1-15-7-6-9-18(13-15)22(16(2)23)14-20(24)21-12-11-17-8-4-5-10-19(17)25-3/h4-10,13H,11-12,14H2,1-3H3,(H,21,24). The number of benzene rings is 2. The molecule has 0 unspecified atom stereocenters. The van der Waals surface area contributed by atoms with E-state index in [0.29, 0.717) is 13.0 Å². The number of hydrogen-bond donors (Lipinski definition) is 1. The SMILES string of the molecule is COc1ccccc1CCNC(=O)CN(C(C)=O)c1cccc(C)c1. The van der Waals surface area contributed by atoms with Crippen molar-refractivity contribution in [2.24, 2.45) is 0 Å². The second-order valence-electron chi connectivity index (χ2n) is 5.86. The second-order valence-corrected chi connectivity index (χ2v) is 5.86. The topological polar surface area (TPSA) is 58.6 Å². The number of carbonyl (C=O) groups excluding carboxylic acids is 2. The molecule has 0 spiro atoms. The van der Waals surface area contributed by atoms with Gasteiger partial charge < -0.3 is 15.0 Å². The molecule has 0 saturated carbocycles. The number of rotatable bonds is 7. The number of methoxy groups -OCH3 is 1. The number of nitrogens with one attached hydrogen (secondary N) is 1. The Morgan fingerprint density at radius 1 is 1.12 bits per heavy atom. The summed E-state index contributed by atoms with van der Waals surface area (Å²) in [6, 6.07) is 15.3. The number of anilines is 1. The molecular formula is C20H24N2O3. The molecule has 5 nitrogen and oxygen atoms in total. The monoisotopic (exact) mass is 340 g/mol. The fraction of sp³-hybridized carbons (Fsp3) is 0.300. The van der Waals surface area contributed by atoms with Crippen LogP contribution in [0.4, 0.5) is 5.69 Å². The van der Waals surface area contributed by atoms with E-state index in [1.165, 1.54) is 11.8 Å². The Bertz CT molecular complexity index is 743. The summed E-state index contributed by atoms with van der Waals surface area (Å²) in [6.45, 7) is 3.91. The third kappa shape index (κ3) is 5.35. The lowest BCUT2D eigenvalue weighted by Crippen LogP contribution is -2.40. The summed E-state index contributed by atoms with van der Waals surface area (Å²) in [6.07, 6.45) is 0.667. The van der Waals surface area contributed by atoms with Gasteiger partial charge in [-0.15, -0.1) is 0 Å². The van der Waals surface area contributed by atoms with Crippen LogP contribution in [0.2, 0.25) is 0 Å². The summed E-state index contributed by atoms with van der Waals surface area (Å²) in [5.74, 6) is 0.457. The third-order valence-electron chi connectivity index (χ3n) is 3.90. The zero-order valence-electron chi connectivity index (χ0n) is 14.9. The number of ether oxygens (including phenoxy) is 1. The minimum Gasteiger partial charge on any atom is -0.496 e. The lowest BCUT2D eigenvalue weighted by atomic mass is 10.1. The highest BCUT2D eigenvalue weighted by Crippen LogP contribution is 2.17. The van der Waals surface area contributed by atoms with Gasteiger partial charge in [0, 0.05) is 19.2 Å². The predicted molar refractivity (Wildman–Crippen MR) is 98.9 cm³/mol. The van der Waals surface area contributed by atoms with Crippen molar-refractivity contribution in [3.8, 4) is 5.75 Å². The maximum atomic E-state index is 12.2. The van der Waals surface area contributed by atoms with Crippen molar-refractivity contribution in [2.75, 3.05) is 25.1 Å². The van der Waals surface area contributed by atoms with Crippen LogP contribution in [0.15, 0.2) is 48.5 Å². The molecule has 0 aliphatic rings. The zero-order valence-corrected chi connectivity index (χ0v) is 14.9. The van der Waals surface area contributed by atoms with E-state index in [2.05, 4.69) is 5.32 Å². The molecule has 132 valence electrons. The van der Waals surface area contributed by atoms with Gasteiger partial charge in [-0.25, -0.2) is 0 Å². The van der Waals surface area contributed by atoms with Crippen LogP contribution in [0.3, 0.4) is 0 Å². The van der Waals surface area contributed by atoms with Gasteiger partial charge in [0.25, 0.3) is 0 Å². The Morgan fingerprint density at radius 3 is 2.56 bits per heavy atom. The van der Waals surface area contributed by atoms with Crippen molar-refractivity contribution < 1.29 is 14.3 Å². The molecule has 1 N–H and O–H groups in total. The van der Waals surface area contributed by atoms with E-state index >= 15 is 0 Å². The van der Waals surface area contributed by atoms with Gasteiger partial charge in [-0.3, -0.25) is 9.59 Å². The van der Waals surface area contributed by atoms with Gasteiger partial charge in [0.1, 0.15) is 12.3 Å². The van der Waals surface area contributed by atoms with Gasteiger partial charge in [0.05, 0.1) is 7.11 Å². The summed E-state index contributed by atoms with van der Waals surface area (Å²) in [4.78, 5) is 25.6. The van der Waals surface area contributed by atoms with Gasteiger partial charge in [-0.1, -0.05) is 30.3 Å². The summed E-state index contributed by atoms with van der Waals surface area (Å²) < 4.78 is 5.30. The first-order valence-electron chi connectivity index (χ1n) is 8.24. The van der Waals surface area contributed by atoms with Crippen LogP contribution < -0.4 is 15.0 Å². The van der Waals surface area contributed by atoms with Gasteiger partial charge >= 0.3 is 0 Å². The molecule has 0 bridgehead atoms. The van der Waals surface area contributed by atoms with Crippen molar-refractivity contribution in [3.63, 3.8) is 0 Å². The van der Waals surface area contributed by atoms with Crippen molar-refractivity contribution >= 4 is 17.5 Å². The van der Waals surface area contributed by atoms with E-state index in [1.807, 2.05) is 55.5 Å². The fourth-order valence-electron chi connectivity index (χ4n) is 2.63. The largest absolute Gasteiger partial charge is 0.496 e. The van der Waals surface area contributed by atoms with Crippen LogP contribution >= 0.6 is 0 Å². The lowest BCUT2D eigenvalue weighted by molar-refractivity contribution is -0.123. The minimum atomic E-state index is -0.188. The van der Waals surface area contributed by atoms with Crippen LogP contribution in [0.1, 0.15) is 18.1 Å². The Balaban J connectivity index is 1.92. The molecule has 0 aromatic heterocycles. The molecule has 2 aromatic rings. The summed E-state index contributed by atoms with van der Waals surface area (Å²) in [7, 11) is 1.63. The lowest BCUT2D eigenvalue weighted by Gasteiger charge is -2.21. The maximum absolute atomic E-state index is 12.2. The van der Waals surface area contributed by atoms with E-state index < -0.39 is 0 Å². The molecule has 2 aromatic carbocycles. The number of carbonyl (C=O) groups is 2. The number of nitrogens with zero attached hydrogens (tertiary/aromatic N) is 1. The molecule has 5 heteroatoms. The van der Waals surface area contributed by atoms with Crippen molar-refractivity contribution in [3.05, 3.63) is 59.7 Å². The van der Waals surface area contributed by atoms with Crippen LogP contribution in [0, 0.1) is 6.92 Å². The molecule has 2 rings (SSSR count). The summed E-state index contributed by atoms with van der Waals surface area (Å²) in [5, 5.41) is 2.86. The van der Waals surface area contributed by atoms with Gasteiger partial charge in [0.2, 0.25) is 11.8 Å². The number of para-hydroxylation sites is 1.